The smallest absolute Gasteiger partial charge is 0.0547 e. The van der Waals surface area contributed by atoms with Gasteiger partial charge in [-0.15, -0.1) is 11.3 Å². The largest absolute Gasteiger partial charge is 0.309 e. The third-order valence-corrected chi connectivity index (χ3v) is 13.2. The van der Waals surface area contributed by atoms with Crippen LogP contribution in [-0.2, 0) is 0 Å². The molecule has 0 unspecified atom stereocenters. The Balaban J connectivity index is 1.07. The van der Waals surface area contributed by atoms with Gasteiger partial charge in [-0.2, -0.15) is 0 Å². The summed E-state index contributed by atoms with van der Waals surface area (Å²) in [5.41, 5.74) is 13.4. The molecule has 0 saturated heterocycles. The van der Waals surface area contributed by atoms with Crippen LogP contribution >= 0.6 is 11.3 Å². The van der Waals surface area contributed by atoms with E-state index >= 15 is 0 Å². The first-order chi connectivity index (χ1) is 28.8. The molecule has 2 heterocycles. The van der Waals surface area contributed by atoms with Crippen LogP contribution in [0.1, 0.15) is 0 Å². The van der Waals surface area contributed by atoms with Crippen molar-refractivity contribution >= 4 is 74.9 Å². The average molecular weight is 754 g/mol. The summed E-state index contributed by atoms with van der Waals surface area (Å²) in [5.74, 6) is 0. The fourth-order valence-electron chi connectivity index (χ4n) is 9.40. The van der Waals surface area contributed by atoms with Gasteiger partial charge in [0, 0.05) is 36.6 Å². The van der Waals surface area contributed by atoms with Crippen molar-refractivity contribution in [3.8, 4) is 50.2 Å². The highest BCUT2D eigenvalue weighted by Crippen LogP contribution is 2.46. The molecule has 2 aromatic heterocycles. The van der Waals surface area contributed by atoms with Crippen molar-refractivity contribution in [2.75, 3.05) is 0 Å². The normalized spacial score (nSPS) is 11.8. The van der Waals surface area contributed by atoms with E-state index in [1.807, 2.05) is 11.3 Å². The van der Waals surface area contributed by atoms with Crippen LogP contribution in [0.4, 0.5) is 0 Å². The Kier molecular flexibility index (Phi) is 7.47. The van der Waals surface area contributed by atoms with Gasteiger partial charge in [-0.25, -0.2) is 0 Å². The SMILES string of the molecule is c1ccc(-c2c3ccccc3c(-c3ccccc3)c3cc(-c4cccc(-n5c6ccccc6c6ccc(-c7cccc8c7sc7ccccc78)cc65)c4)ccc23)cc1. The number of hydrogen-bond donors (Lipinski definition) is 0. The van der Waals surface area contributed by atoms with Gasteiger partial charge < -0.3 is 4.57 Å². The monoisotopic (exact) mass is 753 g/mol. The molecule has 0 spiro atoms. The maximum Gasteiger partial charge on any atom is 0.0547 e. The molecule has 0 aliphatic rings. The molecule has 0 aliphatic heterocycles. The molecule has 58 heavy (non-hydrogen) atoms. The number of para-hydroxylation sites is 1. The van der Waals surface area contributed by atoms with E-state index in [4.69, 9.17) is 0 Å². The average Bonchev–Trinajstić information content (AvgIpc) is 3.84. The fraction of sp³-hybridized carbons (Fsp3) is 0. The number of fused-ring (bicyclic) bond motifs is 8. The molecule has 0 amide bonds. The summed E-state index contributed by atoms with van der Waals surface area (Å²) in [6.07, 6.45) is 0. The summed E-state index contributed by atoms with van der Waals surface area (Å²) >= 11 is 1.89. The first kappa shape index (κ1) is 32.9. The molecule has 0 aliphatic carbocycles. The number of rotatable bonds is 5. The minimum absolute atomic E-state index is 1.15. The first-order valence-corrected chi connectivity index (χ1v) is 20.7. The van der Waals surface area contributed by atoms with Crippen LogP contribution in [0.5, 0.6) is 0 Å². The Morgan fingerprint density at radius 2 is 0.828 bits per heavy atom. The molecule has 2 heteroatoms. The van der Waals surface area contributed by atoms with E-state index in [0.29, 0.717) is 0 Å². The number of aromatic nitrogens is 1. The lowest BCUT2D eigenvalue weighted by Crippen LogP contribution is -1.95. The number of thiophene rings is 1. The van der Waals surface area contributed by atoms with Gasteiger partial charge in [0.2, 0.25) is 0 Å². The predicted molar refractivity (Wildman–Crippen MR) is 250 cm³/mol. The molecule has 12 aromatic rings. The summed E-state index contributed by atoms with van der Waals surface area (Å²) < 4.78 is 5.12. The van der Waals surface area contributed by atoms with Crippen molar-refractivity contribution in [1.82, 2.24) is 4.57 Å². The van der Waals surface area contributed by atoms with Gasteiger partial charge in [0.05, 0.1) is 11.0 Å². The molecular formula is C56H35NS. The van der Waals surface area contributed by atoms with Gasteiger partial charge in [0.1, 0.15) is 0 Å². The Morgan fingerprint density at radius 1 is 0.293 bits per heavy atom. The molecule has 12 rings (SSSR count). The van der Waals surface area contributed by atoms with Crippen molar-refractivity contribution < 1.29 is 0 Å². The van der Waals surface area contributed by atoms with Crippen LogP contribution in [0.15, 0.2) is 212 Å². The van der Waals surface area contributed by atoms with Gasteiger partial charge in [0.15, 0.2) is 0 Å². The summed E-state index contributed by atoms with van der Waals surface area (Å²) in [7, 11) is 0. The Morgan fingerprint density at radius 3 is 1.60 bits per heavy atom. The molecule has 0 radical (unpaired) electrons. The predicted octanol–water partition coefficient (Wildman–Crippen LogP) is 16.1. The second kappa shape index (κ2) is 13.2. The second-order valence-electron chi connectivity index (χ2n) is 15.2. The molecule has 0 atom stereocenters. The zero-order chi connectivity index (χ0) is 38.2. The quantitative estimate of drug-likeness (QED) is 0.154. The summed E-state index contributed by atoms with van der Waals surface area (Å²) in [5, 5.41) is 10.2. The van der Waals surface area contributed by atoms with E-state index in [-0.39, 0.29) is 0 Å². The molecule has 1 nitrogen and oxygen atoms in total. The van der Waals surface area contributed by atoms with Crippen LogP contribution < -0.4 is 0 Å². The van der Waals surface area contributed by atoms with E-state index in [2.05, 4.69) is 217 Å². The van der Waals surface area contributed by atoms with Crippen molar-refractivity contribution in [3.05, 3.63) is 212 Å². The Labute approximate surface area is 340 Å². The summed E-state index contributed by atoms with van der Waals surface area (Å²) in [6.45, 7) is 0. The lowest BCUT2D eigenvalue weighted by Gasteiger charge is -2.19. The zero-order valence-electron chi connectivity index (χ0n) is 31.6. The van der Waals surface area contributed by atoms with E-state index in [1.54, 1.807) is 0 Å². The van der Waals surface area contributed by atoms with Crippen molar-refractivity contribution in [2.45, 2.75) is 0 Å². The third kappa shape index (κ3) is 5.09. The second-order valence-corrected chi connectivity index (χ2v) is 16.3. The highest BCUT2D eigenvalue weighted by molar-refractivity contribution is 7.26. The standard InChI is InChI=1S/C56H35NS/c1-3-15-36(16-4-1)54-46-23-7-8-24-47(46)55(37-17-5-2-6-18-37)50-34-39(29-32-48(50)54)38-19-13-20-41(33-38)57-51-27-11-9-21-43(51)44-31-30-40(35-52(44)57)42-25-14-26-49-45-22-10-12-28-53(45)58-56(42)49/h1-35H. The van der Waals surface area contributed by atoms with Crippen LogP contribution in [0, 0.1) is 0 Å². The highest BCUT2D eigenvalue weighted by Gasteiger charge is 2.19. The lowest BCUT2D eigenvalue weighted by atomic mass is 9.85. The highest BCUT2D eigenvalue weighted by atomic mass is 32.1. The van der Waals surface area contributed by atoms with Gasteiger partial charge in [-0.05, 0) is 102 Å². The molecule has 0 bridgehead atoms. The molecule has 0 fully saturated rings. The number of nitrogens with zero attached hydrogens (tertiary/aromatic N) is 1. The van der Waals surface area contributed by atoms with E-state index < -0.39 is 0 Å². The Bertz CT molecular complexity index is 3550. The van der Waals surface area contributed by atoms with Gasteiger partial charge >= 0.3 is 0 Å². The van der Waals surface area contributed by atoms with Crippen LogP contribution in [-0.4, -0.2) is 4.57 Å². The van der Waals surface area contributed by atoms with E-state index in [0.717, 1.165) is 5.69 Å². The summed E-state index contributed by atoms with van der Waals surface area (Å²) in [6, 6.07) is 78.2. The van der Waals surface area contributed by atoms with Gasteiger partial charge in [-0.1, -0.05) is 176 Å². The van der Waals surface area contributed by atoms with E-state index in [1.165, 1.54) is 108 Å². The first-order valence-electron chi connectivity index (χ1n) is 19.9. The lowest BCUT2D eigenvalue weighted by molar-refractivity contribution is 1.18. The molecule has 0 saturated carbocycles. The fourth-order valence-corrected chi connectivity index (χ4v) is 10.6. The van der Waals surface area contributed by atoms with Crippen molar-refractivity contribution in [1.29, 1.82) is 0 Å². The molecule has 10 aromatic carbocycles. The van der Waals surface area contributed by atoms with Crippen molar-refractivity contribution in [3.63, 3.8) is 0 Å². The Hall–Kier alpha value is -7.26. The molecule has 0 N–H and O–H groups in total. The van der Waals surface area contributed by atoms with Crippen LogP contribution in [0.25, 0.3) is 114 Å². The van der Waals surface area contributed by atoms with Crippen LogP contribution in [0.2, 0.25) is 0 Å². The van der Waals surface area contributed by atoms with Crippen molar-refractivity contribution in [2.24, 2.45) is 0 Å². The number of benzene rings is 10. The maximum atomic E-state index is 2.46. The van der Waals surface area contributed by atoms with Gasteiger partial charge in [0.25, 0.3) is 0 Å². The zero-order valence-corrected chi connectivity index (χ0v) is 32.4. The molecular weight excluding hydrogens is 719 g/mol. The topological polar surface area (TPSA) is 4.93 Å². The minimum atomic E-state index is 1.15. The summed E-state index contributed by atoms with van der Waals surface area (Å²) in [4.78, 5) is 0. The van der Waals surface area contributed by atoms with Gasteiger partial charge in [-0.3, -0.25) is 0 Å². The van der Waals surface area contributed by atoms with E-state index in [9.17, 15) is 0 Å². The molecule has 270 valence electrons. The van der Waals surface area contributed by atoms with Crippen LogP contribution in [0.3, 0.4) is 0 Å². The maximum absolute atomic E-state index is 2.46. The number of hydrogen-bond acceptors (Lipinski definition) is 1. The minimum Gasteiger partial charge on any atom is -0.309 e. The third-order valence-electron chi connectivity index (χ3n) is 12.0.